The summed E-state index contributed by atoms with van der Waals surface area (Å²) in [5.41, 5.74) is 2.12. The van der Waals surface area contributed by atoms with Crippen LogP contribution in [0, 0.1) is 0 Å². The first-order chi connectivity index (χ1) is 13.7. The van der Waals surface area contributed by atoms with Gasteiger partial charge in [-0.1, -0.05) is 18.2 Å². The average Bonchev–Trinajstić information content (AvgIpc) is 2.67. The molecule has 7 heteroatoms. The zero-order valence-corrected chi connectivity index (χ0v) is 17.7. The molecular weight excluding hydrogens is 370 g/mol. The molecule has 0 radical (unpaired) electrons. The molecule has 0 saturated carbocycles. The van der Waals surface area contributed by atoms with E-state index < -0.39 is 6.10 Å². The summed E-state index contributed by atoms with van der Waals surface area (Å²) in [7, 11) is 1.64. The zero-order chi connectivity index (χ0) is 21.0. The summed E-state index contributed by atoms with van der Waals surface area (Å²) in [6, 6.07) is 7.74. The van der Waals surface area contributed by atoms with Crippen molar-refractivity contribution in [3.8, 4) is 5.75 Å². The van der Waals surface area contributed by atoms with Gasteiger partial charge in [-0.3, -0.25) is 9.69 Å². The van der Waals surface area contributed by atoms with Gasteiger partial charge in [0.05, 0.1) is 36.7 Å². The third-order valence-electron chi connectivity index (χ3n) is 4.92. The Morgan fingerprint density at radius 1 is 1.31 bits per heavy atom. The monoisotopic (exact) mass is 401 g/mol. The third-order valence-corrected chi connectivity index (χ3v) is 4.92. The number of rotatable bonds is 7. The molecule has 158 valence electrons. The topological polar surface area (TPSA) is 87.7 Å². The number of aliphatic hydroxyl groups is 1. The molecule has 1 aromatic heterocycles. The second kappa shape index (κ2) is 9.07. The van der Waals surface area contributed by atoms with Crippen molar-refractivity contribution in [3.63, 3.8) is 0 Å². The van der Waals surface area contributed by atoms with Gasteiger partial charge in [-0.15, -0.1) is 0 Å². The number of nitrogens with zero attached hydrogens (tertiary/aromatic N) is 2. The second-order valence-electron chi connectivity index (χ2n) is 8.49. The number of nitrogens with one attached hydrogen (secondary N) is 1. The van der Waals surface area contributed by atoms with Crippen LogP contribution < -0.4 is 10.3 Å². The molecule has 0 spiro atoms. The van der Waals surface area contributed by atoms with Crippen LogP contribution in [0.1, 0.15) is 43.4 Å². The summed E-state index contributed by atoms with van der Waals surface area (Å²) < 4.78 is 11.0. The van der Waals surface area contributed by atoms with Gasteiger partial charge in [-0.25, -0.2) is 4.98 Å². The molecule has 0 bridgehead atoms. The number of aliphatic hydroxyl groups excluding tert-OH is 1. The van der Waals surface area contributed by atoms with E-state index in [1.54, 1.807) is 7.11 Å². The molecule has 1 aromatic carbocycles. The number of hydrogen-bond acceptors (Lipinski definition) is 6. The summed E-state index contributed by atoms with van der Waals surface area (Å²) in [5, 5.41) is 10.3. The first kappa shape index (κ1) is 21.5. The van der Waals surface area contributed by atoms with Crippen LogP contribution in [0.2, 0.25) is 0 Å². The van der Waals surface area contributed by atoms with Crippen molar-refractivity contribution in [2.75, 3.05) is 26.8 Å². The Labute approximate surface area is 171 Å². The minimum atomic E-state index is -0.590. The Bertz CT molecular complexity index is 888. The highest BCUT2D eigenvalue weighted by atomic mass is 16.5. The predicted molar refractivity (Wildman–Crippen MR) is 111 cm³/mol. The number of H-pyrrole nitrogens is 1. The van der Waals surface area contributed by atoms with Crippen LogP contribution in [-0.2, 0) is 24.1 Å². The van der Waals surface area contributed by atoms with Gasteiger partial charge in [0.15, 0.2) is 0 Å². The Hall–Kier alpha value is -2.22. The van der Waals surface area contributed by atoms with Crippen molar-refractivity contribution >= 4 is 0 Å². The molecule has 7 nitrogen and oxygen atoms in total. The third kappa shape index (κ3) is 5.88. The van der Waals surface area contributed by atoms with E-state index in [-0.39, 0.29) is 17.8 Å². The number of benzene rings is 1. The van der Waals surface area contributed by atoms with Crippen molar-refractivity contribution in [2.45, 2.75) is 51.9 Å². The molecule has 0 aliphatic carbocycles. The van der Waals surface area contributed by atoms with Gasteiger partial charge in [0.1, 0.15) is 11.6 Å². The van der Waals surface area contributed by atoms with Gasteiger partial charge in [0.25, 0.3) is 5.56 Å². The Morgan fingerprint density at radius 2 is 2.07 bits per heavy atom. The first-order valence-electron chi connectivity index (χ1n) is 10.0. The molecule has 1 aliphatic rings. The number of β-amino-alcohol motifs (C(OH)–C–C–N with tert-alkyl or cyclic N) is 1. The molecule has 2 heterocycles. The van der Waals surface area contributed by atoms with Crippen molar-refractivity contribution in [1.29, 1.82) is 0 Å². The van der Waals surface area contributed by atoms with Gasteiger partial charge in [-0.05, 0) is 26.8 Å². The quantitative estimate of drug-likeness (QED) is 0.737. The fourth-order valence-corrected chi connectivity index (χ4v) is 3.50. The van der Waals surface area contributed by atoms with E-state index in [4.69, 9.17) is 14.5 Å². The smallest absolute Gasteiger partial charge is 0.255 e. The van der Waals surface area contributed by atoms with Crippen LogP contribution >= 0.6 is 0 Å². The van der Waals surface area contributed by atoms with Gasteiger partial charge in [-0.2, -0.15) is 0 Å². The highest BCUT2D eigenvalue weighted by Crippen LogP contribution is 2.21. The molecule has 0 unspecified atom stereocenters. The standard InChI is InChI=1S/C22H31N3O4/c1-22(2,3)29-14-16(26)12-25-10-9-18-17(13-25)21(27)24-20(23-18)11-15-7-5-6-8-19(15)28-4/h5-8,16,26H,9-14H2,1-4H3,(H,23,24,27)/t16-/m1/s1. The molecule has 2 aromatic rings. The molecule has 2 N–H and O–H groups in total. The van der Waals surface area contributed by atoms with E-state index in [0.29, 0.717) is 37.3 Å². The number of hydrogen-bond donors (Lipinski definition) is 2. The summed E-state index contributed by atoms with van der Waals surface area (Å²) >= 11 is 0. The molecule has 0 fully saturated rings. The maximum atomic E-state index is 12.7. The summed E-state index contributed by atoms with van der Waals surface area (Å²) in [4.78, 5) is 22.4. The predicted octanol–water partition coefficient (Wildman–Crippen LogP) is 1.90. The molecule has 0 saturated heterocycles. The normalized spacial score (nSPS) is 15.8. The fourth-order valence-electron chi connectivity index (χ4n) is 3.50. The minimum Gasteiger partial charge on any atom is -0.496 e. The Balaban J connectivity index is 1.67. The highest BCUT2D eigenvalue weighted by molar-refractivity contribution is 5.35. The zero-order valence-electron chi connectivity index (χ0n) is 17.7. The van der Waals surface area contributed by atoms with Crippen molar-refractivity contribution < 1.29 is 14.6 Å². The van der Waals surface area contributed by atoms with Crippen molar-refractivity contribution in [1.82, 2.24) is 14.9 Å². The maximum Gasteiger partial charge on any atom is 0.255 e. The van der Waals surface area contributed by atoms with Crippen molar-refractivity contribution in [2.24, 2.45) is 0 Å². The molecule has 3 rings (SSSR count). The summed E-state index contributed by atoms with van der Waals surface area (Å²) in [5.74, 6) is 1.43. The van der Waals surface area contributed by atoms with E-state index in [1.165, 1.54) is 0 Å². The van der Waals surface area contributed by atoms with Crippen LogP contribution in [0.25, 0.3) is 0 Å². The van der Waals surface area contributed by atoms with Gasteiger partial charge in [0.2, 0.25) is 0 Å². The van der Waals surface area contributed by atoms with Gasteiger partial charge >= 0.3 is 0 Å². The highest BCUT2D eigenvalue weighted by Gasteiger charge is 2.24. The number of methoxy groups -OCH3 is 1. The van der Waals surface area contributed by atoms with E-state index >= 15 is 0 Å². The molecule has 1 aliphatic heterocycles. The fraction of sp³-hybridized carbons (Fsp3) is 0.545. The van der Waals surface area contributed by atoms with Gasteiger partial charge in [0, 0.05) is 38.0 Å². The molecule has 0 amide bonds. The molecular formula is C22H31N3O4. The largest absolute Gasteiger partial charge is 0.496 e. The molecule has 29 heavy (non-hydrogen) atoms. The SMILES string of the molecule is COc1ccccc1Cc1nc2c(c(=O)[nH]1)CN(C[C@@H](O)COC(C)(C)C)CC2. The summed E-state index contributed by atoms with van der Waals surface area (Å²) in [6.07, 6.45) is 0.608. The van der Waals surface area contributed by atoms with Crippen molar-refractivity contribution in [3.05, 3.63) is 57.3 Å². The van der Waals surface area contributed by atoms with Crippen LogP contribution in [0.15, 0.2) is 29.1 Å². The molecule has 1 atom stereocenters. The average molecular weight is 402 g/mol. The first-order valence-corrected chi connectivity index (χ1v) is 10.0. The number of fused-ring (bicyclic) bond motifs is 1. The lowest BCUT2D eigenvalue weighted by Gasteiger charge is -2.30. The minimum absolute atomic E-state index is 0.106. The van der Waals surface area contributed by atoms with Crippen LogP contribution in [0.4, 0.5) is 0 Å². The van der Waals surface area contributed by atoms with E-state index in [1.807, 2.05) is 45.0 Å². The number of aromatic amines is 1. The number of para-hydroxylation sites is 1. The Morgan fingerprint density at radius 3 is 2.79 bits per heavy atom. The van der Waals surface area contributed by atoms with Crippen LogP contribution in [0.5, 0.6) is 5.75 Å². The second-order valence-corrected chi connectivity index (χ2v) is 8.49. The van der Waals surface area contributed by atoms with Crippen LogP contribution in [-0.4, -0.2) is 58.5 Å². The maximum absolute atomic E-state index is 12.7. The van der Waals surface area contributed by atoms with Gasteiger partial charge < -0.3 is 19.6 Å². The van der Waals surface area contributed by atoms with E-state index in [0.717, 1.165) is 23.6 Å². The lowest BCUT2D eigenvalue weighted by molar-refractivity contribution is -0.0570. The lowest BCUT2D eigenvalue weighted by Crippen LogP contribution is -2.42. The number of ether oxygens (including phenoxy) is 2. The van der Waals surface area contributed by atoms with Crippen LogP contribution in [0.3, 0.4) is 0 Å². The summed E-state index contributed by atoms with van der Waals surface area (Å²) in [6.45, 7) is 7.88. The van der Waals surface area contributed by atoms with E-state index in [2.05, 4.69) is 9.88 Å². The lowest BCUT2D eigenvalue weighted by atomic mass is 10.1. The Kier molecular flexibility index (Phi) is 6.72. The number of aromatic nitrogens is 2. The van der Waals surface area contributed by atoms with E-state index in [9.17, 15) is 9.90 Å².